The molecule has 0 aromatic heterocycles. The summed E-state index contributed by atoms with van der Waals surface area (Å²) in [5.74, 6) is -3.89. The lowest BCUT2D eigenvalue weighted by atomic mass is 9.82. The molecule has 0 saturated carbocycles. The van der Waals surface area contributed by atoms with Crippen molar-refractivity contribution >= 4 is 33.3 Å². The van der Waals surface area contributed by atoms with E-state index in [9.17, 15) is 24.8 Å². The fourth-order valence-corrected chi connectivity index (χ4v) is 5.05. The maximum Gasteiger partial charge on any atom is 0.280 e. The van der Waals surface area contributed by atoms with Gasteiger partial charge in [-0.2, -0.15) is 0 Å². The zero-order chi connectivity index (χ0) is 24.3. The maximum absolute atomic E-state index is 13.8. The highest BCUT2D eigenvalue weighted by Gasteiger charge is 2.73. The molecule has 0 bridgehead atoms. The van der Waals surface area contributed by atoms with Gasteiger partial charge in [0.25, 0.3) is 11.5 Å². The normalized spacial score (nSPS) is 22.9. The lowest BCUT2D eigenvalue weighted by molar-refractivity contribution is -0.388. The van der Waals surface area contributed by atoms with Crippen LogP contribution < -0.4 is 15.8 Å². The van der Waals surface area contributed by atoms with Crippen LogP contribution in [-0.2, 0) is 22.5 Å². The zero-order valence-corrected chi connectivity index (χ0v) is 19.1. The number of ether oxygens (including phenoxy) is 1. The number of nitrogens with two attached hydrogens (primary N) is 1. The monoisotopic (exact) mass is 523 g/mol. The van der Waals surface area contributed by atoms with Crippen LogP contribution in [0.3, 0.4) is 0 Å². The zero-order valence-electron chi connectivity index (χ0n) is 17.5. The second-order valence-electron chi connectivity index (χ2n) is 8.21. The molecule has 2 aliphatic rings. The molecule has 1 amide bonds. The van der Waals surface area contributed by atoms with Crippen molar-refractivity contribution in [3.63, 3.8) is 0 Å². The Bertz CT molecular complexity index is 1360. The summed E-state index contributed by atoms with van der Waals surface area (Å²) in [5, 5.41) is 26.3. The third-order valence-corrected chi connectivity index (χ3v) is 6.72. The van der Waals surface area contributed by atoms with E-state index < -0.39 is 39.7 Å². The van der Waals surface area contributed by atoms with E-state index in [1.165, 1.54) is 30.3 Å². The first-order valence-electron chi connectivity index (χ1n) is 10.3. The smallest absolute Gasteiger partial charge is 0.280 e. The number of carbonyl (C=O) groups is 2. The van der Waals surface area contributed by atoms with Gasteiger partial charge in [-0.05, 0) is 24.1 Å². The van der Waals surface area contributed by atoms with Crippen molar-refractivity contribution in [2.75, 3.05) is 0 Å². The molecule has 34 heavy (non-hydrogen) atoms. The first kappa shape index (κ1) is 22.2. The van der Waals surface area contributed by atoms with Crippen molar-refractivity contribution in [2.24, 2.45) is 5.73 Å². The fraction of sp³-hybridized carbons (Fsp3) is 0.167. The number of Topliss-reactive ketones (excluding diaryl/α,β-unsaturated/α-hetero) is 1. The van der Waals surface area contributed by atoms with Crippen molar-refractivity contribution in [3.05, 3.63) is 104 Å². The van der Waals surface area contributed by atoms with Crippen molar-refractivity contribution in [3.8, 4) is 5.75 Å². The molecule has 5 rings (SSSR count). The van der Waals surface area contributed by atoms with Crippen LogP contribution in [0.1, 0.15) is 27.0 Å². The van der Waals surface area contributed by atoms with E-state index in [1.807, 2.05) is 30.3 Å². The maximum atomic E-state index is 13.8. The van der Waals surface area contributed by atoms with Gasteiger partial charge in [-0.3, -0.25) is 19.7 Å². The summed E-state index contributed by atoms with van der Waals surface area (Å²) in [6.07, 6.45) is 0.177. The number of rotatable bonds is 5. The second-order valence-corrected chi connectivity index (χ2v) is 9.12. The van der Waals surface area contributed by atoms with E-state index in [0.717, 1.165) is 5.56 Å². The van der Waals surface area contributed by atoms with Crippen molar-refractivity contribution < 1.29 is 24.4 Å². The highest BCUT2D eigenvalue weighted by molar-refractivity contribution is 9.10. The molecule has 172 valence electrons. The summed E-state index contributed by atoms with van der Waals surface area (Å²) >= 11 is 3.31. The third kappa shape index (κ3) is 2.99. The SMILES string of the molecule is NC(Cc1ccccc1)C(=O)N[C@@]12C(=O)c3cccc([N+](=O)[O-])c3[C@]1(O)Oc1cc(Br)ccc12. The van der Waals surface area contributed by atoms with Crippen LogP contribution in [0.2, 0.25) is 0 Å². The highest BCUT2D eigenvalue weighted by atomic mass is 79.9. The number of hydrogen-bond donors (Lipinski definition) is 3. The summed E-state index contributed by atoms with van der Waals surface area (Å²) in [6, 6.07) is 16.6. The van der Waals surface area contributed by atoms with Crippen molar-refractivity contribution in [2.45, 2.75) is 23.8 Å². The Kier molecular flexibility index (Phi) is 5.05. The number of ketones is 1. The molecule has 0 saturated heterocycles. The number of halogens is 1. The predicted octanol–water partition coefficient (Wildman–Crippen LogP) is 2.67. The minimum absolute atomic E-state index is 0.103. The van der Waals surface area contributed by atoms with E-state index in [0.29, 0.717) is 4.47 Å². The van der Waals surface area contributed by atoms with Crippen molar-refractivity contribution in [1.29, 1.82) is 0 Å². The minimum Gasteiger partial charge on any atom is -0.454 e. The van der Waals surface area contributed by atoms with Crippen LogP contribution in [0, 0.1) is 10.1 Å². The molecule has 1 aliphatic heterocycles. The number of amides is 1. The first-order valence-corrected chi connectivity index (χ1v) is 11.1. The van der Waals surface area contributed by atoms with E-state index in [2.05, 4.69) is 21.2 Å². The Morgan fingerprint density at radius 2 is 1.91 bits per heavy atom. The Hall–Kier alpha value is -3.60. The van der Waals surface area contributed by atoms with Crippen LogP contribution in [0.25, 0.3) is 0 Å². The van der Waals surface area contributed by atoms with Gasteiger partial charge < -0.3 is 20.9 Å². The molecule has 0 fully saturated rings. The molecule has 3 aromatic rings. The van der Waals surface area contributed by atoms with Gasteiger partial charge in [0.15, 0.2) is 0 Å². The summed E-state index contributed by atoms with van der Waals surface area (Å²) in [5.41, 5.74) is 4.08. The van der Waals surface area contributed by atoms with E-state index >= 15 is 0 Å². The number of nitro groups is 1. The molecular formula is C24H18BrN3O6. The van der Waals surface area contributed by atoms with Crippen molar-refractivity contribution in [1.82, 2.24) is 5.32 Å². The number of benzene rings is 3. The topological polar surface area (TPSA) is 145 Å². The van der Waals surface area contributed by atoms with E-state index in [1.54, 1.807) is 6.07 Å². The lowest BCUT2D eigenvalue weighted by Crippen LogP contribution is -2.62. The molecule has 1 aliphatic carbocycles. The van der Waals surface area contributed by atoms with Gasteiger partial charge in [0.1, 0.15) is 11.3 Å². The summed E-state index contributed by atoms with van der Waals surface area (Å²) in [6.45, 7) is 0. The standard InChI is InChI=1S/C24H18BrN3O6/c25-14-9-10-16-19(12-14)34-24(31)20-15(7-4-8-18(20)28(32)33)21(29)23(16,24)27-22(30)17(26)11-13-5-2-1-3-6-13/h1-10,12,17,31H,11,26H2,(H,27,30)/t17?,23-,24-/m0/s1. The number of hydrogen-bond acceptors (Lipinski definition) is 7. The number of aliphatic hydroxyl groups is 1. The predicted molar refractivity (Wildman–Crippen MR) is 124 cm³/mol. The molecule has 1 unspecified atom stereocenters. The second kappa shape index (κ2) is 7.73. The Morgan fingerprint density at radius 3 is 2.62 bits per heavy atom. The molecule has 0 radical (unpaired) electrons. The van der Waals surface area contributed by atoms with Gasteiger partial charge in [0, 0.05) is 21.7 Å². The number of nitrogens with zero attached hydrogens (tertiary/aromatic N) is 1. The number of fused-ring (bicyclic) bond motifs is 5. The van der Waals surface area contributed by atoms with Gasteiger partial charge >= 0.3 is 0 Å². The first-order chi connectivity index (χ1) is 16.2. The van der Waals surface area contributed by atoms with E-state index in [4.69, 9.17) is 10.5 Å². The summed E-state index contributed by atoms with van der Waals surface area (Å²) in [4.78, 5) is 38.2. The van der Waals surface area contributed by atoms with Crippen LogP contribution >= 0.6 is 15.9 Å². The third-order valence-electron chi connectivity index (χ3n) is 6.22. The average Bonchev–Trinajstić information content (AvgIpc) is 3.16. The molecular weight excluding hydrogens is 506 g/mol. The molecule has 0 spiro atoms. The Balaban J connectivity index is 1.64. The largest absolute Gasteiger partial charge is 0.454 e. The van der Waals surface area contributed by atoms with Crippen LogP contribution in [0.4, 0.5) is 5.69 Å². The van der Waals surface area contributed by atoms with Gasteiger partial charge in [-0.25, -0.2) is 0 Å². The van der Waals surface area contributed by atoms with Crippen LogP contribution in [0.15, 0.2) is 71.2 Å². The molecule has 1 heterocycles. The summed E-state index contributed by atoms with van der Waals surface area (Å²) < 4.78 is 6.42. The minimum atomic E-state index is -2.55. The molecule has 10 heteroatoms. The quantitative estimate of drug-likeness (QED) is 0.344. The van der Waals surface area contributed by atoms with Gasteiger partial charge in [0.2, 0.25) is 17.2 Å². The average molecular weight is 524 g/mol. The van der Waals surface area contributed by atoms with Gasteiger partial charge in [0.05, 0.1) is 11.0 Å². The molecule has 4 N–H and O–H groups in total. The number of nitrogens with one attached hydrogen (secondary N) is 1. The van der Waals surface area contributed by atoms with Crippen LogP contribution in [-0.4, -0.2) is 27.8 Å². The Morgan fingerprint density at radius 1 is 1.18 bits per heavy atom. The van der Waals surface area contributed by atoms with E-state index in [-0.39, 0.29) is 28.9 Å². The lowest BCUT2D eigenvalue weighted by Gasteiger charge is -2.34. The van der Waals surface area contributed by atoms with Crippen LogP contribution in [0.5, 0.6) is 5.75 Å². The fourth-order valence-electron chi connectivity index (χ4n) is 4.71. The molecule has 3 aromatic carbocycles. The molecule has 3 atom stereocenters. The highest BCUT2D eigenvalue weighted by Crippen LogP contribution is 2.60. The Labute approximate surface area is 201 Å². The number of nitro benzene ring substituents is 1. The van der Waals surface area contributed by atoms with Gasteiger partial charge in [-0.15, -0.1) is 0 Å². The molecule has 9 nitrogen and oxygen atoms in total. The number of carbonyl (C=O) groups excluding carboxylic acids is 2. The van der Waals surface area contributed by atoms with Gasteiger partial charge in [-0.1, -0.05) is 64.5 Å². The summed E-state index contributed by atoms with van der Waals surface area (Å²) in [7, 11) is 0.